The van der Waals surface area contributed by atoms with E-state index in [9.17, 15) is 12.6 Å². The maximum absolute atomic E-state index is 14.0. The van der Waals surface area contributed by atoms with E-state index in [1.54, 1.807) is 48.5 Å². The highest BCUT2D eigenvalue weighted by molar-refractivity contribution is 8.03. The van der Waals surface area contributed by atoms with Crippen molar-refractivity contribution < 1.29 is 12.6 Å². The van der Waals surface area contributed by atoms with Crippen LogP contribution in [0.1, 0.15) is 17.0 Å². The summed E-state index contributed by atoms with van der Waals surface area (Å²) in [5.74, 6) is -0.281. The molecule has 0 aliphatic carbocycles. The van der Waals surface area contributed by atoms with Crippen LogP contribution in [0.25, 0.3) is 0 Å². The van der Waals surface area contributed by atoms with E-state index in [1.807, 2.05) is 37.3 Å². The van der Waals surface area contributed by atoms with Crippen LogP contribution in [0, 0.1) is 6.92 Å². The fraction of sp³-hybridized carbons (Fsp3) is 0.130. The molecule has 2 atom stereocenters. The largest absolute Gasteiger partial charge is 0.290 e. The number of allylic oxidation sites excluding steroid dienone is 1. The van der Waals surface area contributed by atoms with Crippen molar-refractivity contribution in [2.75, 3.05) is 5.75 Å². The Morgan fingerprint density at radius 1 is 0.828 bits per heavy atom. The molecule has 0 fully saturated rings. The zero-order valence-electron chi connectivity index (χ0n) is 16.1. The minimum absolute atomic E-state index is 0.0234. The van der Waals surface area contributed by atoms with Gasteiger partial charge in [0.05, 0.1) is 14.6 Å². The monoisotopic (exact) mass is 425 g/mol. The fourth-order valence-electron chi connectivity index (χ4n) is 2.96. The van der Waals surface area contributed by atoms with Gasteiger partial charge >= 0.3 is 0 Å². The van der Waals surface area contributed by atoms with Gasteiger partial charge in [-0.15, -0.1) is 10.3 Å². The lowest BCUT2D eigenvalue weighted by atomic mass is 10.0. The number of nitrogens with zero attached hydrogens (tertiary/aromatic N) is 1. The van der Waals surface area contributed by atoms with Crippen LogP contribution in [0.5, 0.6) is 0 Å². The van der Waals surface area contributed by atoms with E-state index in [2.05, 4.69) is 10.3 Å². The molecule has 0 spiro atoms. The maximum Gasteiger partial charge on any atom is 0.290 e. The van der Waals surface area contributed by atoms with Gasteiger partial charge < -0.3 is 0 Å². The second-order valence-corrected chi connectivity index (χ2v) is 10.8. The summed E-state index contributed by atoms with van der Waals surface area (Å²) in [6.07, 6.45) is 1.69. The molecule has 0 saturated heterocycles. The summed E-state index contributed by atoms with van der Waals surface area (Å²) in [6, 6.07) is 24.4. The molecule has 3 rings (SSSR count). The lowest BCUT2D eigenvalue weighted by Gasteiger charge is -2.17. The molecule has 1 unspecified atom stereocenters. The molecule has 3 aromatic rings. The van der Waals surface area contributed by atoms with E-state index < -0.39 is 19.8 Å². The molecule has 0 aromatic heterocycles. The summed E-state index contributed by atoms with van der Waals surface area (Å²) < 4.78 is 43.9. The molecule has 6 heteroatoms. The van der Waals surface area contributed by atoms with Crippen LogP contribution in [0.3, 0.4) is 0 Å². The van der Waals surface area contributed by atoms with Crippen molar-refractivity contribution in [1.29, 1.82) is 0 Å². The first kappa shape index (κ1) is 21.0. The first-order chi connectivity index (χ1) is 13.8. The Morgan fingerprint density at radius 2 is 1.38 bits per heavy atom. The van der Waals surface area contributed by atoms with Gasteiger partial charge in [0.2, 0.25) is 0 Å². The lowest BCUT2D eigenvalue weighted by molar-refractivity contribution is 0.598. The summed E-state index contributed by atoms with van der Waals surface area (Å²) in [6.45, 7) is 5.73. The Hall–Kier alpha value is -2.70. The molecule has 0 heterocycles. The molecule has 0 amide bonds. The zero-order chi connectivity index (χ0) is 20.9. The molecular weight excluding hydrogens is 402 g/mol. The standard InChI is InChI=1S/C23H23NO3S2/c1-3-20(21-10-6-4-7-11-21)18-28(25,22-12-8-5-9-13-22)24-29(26,27)23-16-14-19(2)15-17-23/h3-17,20H,1,18H2,2H3/t20-,28?/m1/s1. The van der Waals surface area contributed by atoms with Gasteiger partial charge in [0.1, 0.15) is 0 Å². The Bertz CT molecular complexity index is 1190. The van der Waals surface area contributed by atoms with Crippen molar-refractivity contribution in [1.82, 2.24) is 0 Å². The van der Waals surface area contributed by atoms with Gasteiger partial charge in [0.25, 0.3) is 10.0 Å². The number of benzene rings is 3. The molecule has 0 N–H and O–H groups in total. The predicted molar refractivity (Wildman–Crippen MR) is 118 cm³/mol. The van der Waals surface area contributed by atoms with Crippen LogP contribution >= 0.6 is 0 Å². The number of aryl methyl sites for hydroxylation is 1. The Labute approximate surface area is 173 Å². The average Bonchev–Trinajstić information content (AvgIpc) is 2.73. The van der Waals surface area contributed by atoms with Crippen LogP contribution < -0.4 is 0 Å². The number of rotatable bonds is 7. The van der Waals surface area contributed by atoms with E-state index >= 15 is 0 Å². The molecule has 29 heavy (non-hydrogen) atoms. The summed E-state index contributed by atoms with van der Waals surface area (Å²) in [5.41, 5.74) is 1.85. The van der Waals surface area contributed by atoms with E-state index in [4.69, 9.17) is 0 Å². The molecule has 0 aliphatic rings. The highest BCUT2D eigenvalue weighted by Crippen LogP contribution is 2.27. The molecule has 4 nitrogen and oxygen atoms in total. The second-order valence-electron chi connectivity index (χ2n) is 6.74. The Morgan fingerprint density at radius 3 is 1.93 bits per heavy atom. The molecule has 0 aliphatic heterocycles. The van der Waals surface area contributed by atoms with Crippen LogP contribution in [0.15, 0.2) is 111 Å². The number of hydrogen-bond donors (Lipinski definition) is 0. The third-order valence-electron chi connectivity index (χ3n) is 4.57. The van der Waals surface area contributed by atoms with Crippen molar-refractivity contribution in [3.8, 4) is 0 Å². The van der Waals surface area contributed by atoms with Crippen molar-refractivity contribution in [3.05, 3.63) is 109 Å². The highest BCUT2D eigenvalue weighted by Gasteiger charge is 2.24. The molecule has 150 valence electrons. The van der Waals surface area contributed by atoms with E-state index in [-0.39, 0.29) is 16.6 Å². The quantitative estimate of drug-likeness (QED) is 0.490. The van der Waals surface area contributed by atoms with Crippen LogP contribution in [-0.2, 0) is 19.8 Å². The van der Waals surface area contributed by atoms with Crippen molar-refractivity contribution in [2.24, 2.45) is 3.77 Å². The minimum Gasteiger partial charge on any atom is -0.244 e. The summed E-state index contributed by atoms with van der Waals surface area (Å²) in [5, 5.41) is 0. The lowest BCUT2D eigenvalue weighted by Crippen LogP contribution is -2.16. The Kier molecular flexibility index (Phi) is 6.35. The molecule has 0 bridgehead atoms. The third kappa shape index (κ3) is 5.02. The van der Waals surface area contributed by atoms with Gasteiger partial charge in [0.15, 0.2) is 0 Å². The first-order valence-electron chi connectivity index (χ1n) is 9.14. The van der Waals surface area contributed by atoms with Crippen molar-refractivity contribution >= 4 is 19.8 Å². The topological polar surface area (TPSA) is 63.6 Å². The number of sulfonamides is 1. The SMILES string of the molecule is C=C[C@H](CS(=O)(=NS(=O)(=O)c1ccc(C)cc1)c1ccccc1)c1ccccc1. The first-order valence-corrected chi connectivity index (χ1v) is 12.3. The third-order valence-corrected chi connectivity index (χ3v) is 9.00. The van der Waals surface area contributed by atoms with Gasteiger partial charge in [0, 0.05) is 16.6 Å². The molecule has 0 saturated carbocycles. The smallest absolute Gasteiger partial charge is 0.244 e. The van der Waals surface area contributed by atoms with Gasteiger partial charge in [-0.2, -0.15) is 8.42 Å². The second kappa shape index (κ2) is 8.76. The average molecular weight is 426 g/mol. The molecule has 0 radical (unpaired) electrons. The van der Waals surface area contributed by atoms with Gasteiger partial charge in [-0.05, 0) is 36.8 Å². The van der Waals surface area contributed by atoms with Crippen LogP contribution in [0.4, 0.5) is 0 Å². The van der Waals surface area contributed by atoms with Gasteiger partial charge in [-0.25, -0.2) is 4.21 Å². The minimum atomic E-state index is -4.10. The summed E-state index contributed by atoms with van der Waals surface area (Å²) in [4.78, 5) is 0.417. The zero-order valence-corrected chi connectivity index (χ0v) is 17.8. The van der Waals surface area contributed by atoms with Gasteiger partial charge in [-0.1, -0.05) is 72.3 Å². The molecular formula is C23H23NO3S2. The normalized spacial score (nSPS) is 14.5. The van der Waals surface area contributed by atoms with Crippen LogP contribution in [-0.4, -0.2) is 18.4 Å². The van der Waals surface area contributed by atoms with Gasteiger partial charge in [-0.3, -0.25) is 0 Å². The van der Waals surface area contributed by atoms with E-state index in [0.717, 1.165) is 11.1 Å². The molecule has 3 aromatic carbocycles. The summed E-state index contributed by atoms with van der Waals surface area (Å²) in [7, 11) is -7.38. The number of hydrogen-bond acceptors (Lipinski definition) is 3. The van der Waals surface area contributed by atoms with E-state index in [1.165, 1.54) is 12.1 Å². The van der Waals surface area contributed by atoms with E-state index in [0.29, 0.717) is 4.90 Å². The predicted octanol–water partition coefficient (Wildman–Crippen LogP) is 5.18. The van der Waals surface area contributed by atoms with Crippen molar-refractivity contribution in [3.63, 3.8) is 0 Å². The highest BCUT2D eigenvalue weighted by atomic mass is 32.3. The fourth-order valence-corrected chi connectivity index (χ4v) is 7.23. The Balaban J connectivity index is 2.14. The van der Waals surface area contributed by atoms with Crippen molar-refractivity contribution in [2.45, 2.75) is 22.6 Å². The van der Waals surface area contributed by atoms with Crippen LogP contribution in [0.2, 0.25) is 0 Å². The maximum atomic E-state index is 14.0. The summed E-state index contributed by atoms with van der Waals surface area (Å²) >= 11 is 0.